The van der Waals surface area contributed by atoms with Crippen molar-refractivity contribution in [2.75, 3.05) is 0 Å². The molecular weight excluding hydrogens is 358 g/mol. The molecule has 3 aromatic rings. The predicted octanol–water partition coefficient (Wildman–Crippen LogP) is 4.98. The second-order valence-electron chi connectivity index (χ2n) is 4.21. The molecule has 0 bridgehead atoms. The van der Waals surface area contributed by atoms with Crippen LogP contribution in [0.15, 0.2) is 40.9 Å². The van der Waals surface area contributed by atoms with Crippen LogP contribution in [0, 0.1) is 16.1 Å². The van der Waals surface area contributed by atoms with Gasteiger partial charge in [0.1, 0.15) is 0 Å². The molecular formula is C14H7BrClN3S. The molecule has 0 amide bonds. The molecule has 0 saturated carbocycles. The molecule has 0 saturated heterocycles. The fourth-order valence-corrected chi connectivity index (χ4v) is 2.79. The van der Waals surface area contributed by atoms with Crippen LogP contribution in [-0.4, -0.2) is 9.55 Å². The zero-order valence-electron chi connectivity index (χ0n) is 10.0. The molecule has 0 spiro atoms. The first kappa shape index (κ1) is 13.4. The van der Waals surface area contributed by atoms with Crippen molar-refractivity contribution in [1.29, 1.82) is 5.26 Å². The first-order chi connectivity index (χ1) is 9.60. The van der Waals surface area contributed by atoms with Gasteiger partial charge in [-0.1, -0.05) is 11.6 Å². The number of imidazole rings is 1. The molecule has 0 aliphatic carbocycles. The van der Waals surface area contributed by atoms with Crippen molar-refractivity contribution in [3.8, 4) is 11.8 Å². The summed E-state index contributed by atoms with van der Waals surface area (Å²) in [5, 5.41) is 9.63. The lowest BCUT2D eigenvalue weighted by Crippen LogP contribution is -1.94. The Hall–Kier alpha value is -1.61. The average molecular weight is 365 g/mol. The summed E-state index contributed by atoms with van der Waals surface area (Å²) in [5.74, 6) is 0. The van der Waals surface area contributed by atoms with Gasteiger partial charge in [0.05, 0.1) is 27.7 Å². The zero-order valence-corrected chi connectivity index (χ0v) is 13.2. The molecule has 1 aromatic heterocycles. The van der Waals surface area contributed by atoms with Crippen LogP contribution < -0.4 is 0 Å². The van der Waals surface area contributed by atoms with Crippen molar-refractivity contribution >= 4 is 50.8 Å². The summed E-state index contributed by atoms with van der Waals surface area (Å²) in [7, 11) is 0. The number of H-pyrrole nitrogens is 1. The van der Waals surface area contributed by atoms with Crippen LogP contribution in [0.5, 0.6) is 0 Å². The summed E-state index contributed by atoms with van der Waals surface area (Å²) in [5.41, 5.74) is 3.17. The molecule has 0 aliphatic heterocycles. The monoisotopic (exact) mass is 363 g/mol. The van der Waals surface area contributed by atoms with E-state index in [4.69, 9.17) is 29.1 Å². The van der Waals surface area contributed by atoms with E-state index in [1.165, 1.54) is 0 Å². The van der Waals surface area contributed by atoms with Gasteiger partial charge in [0, 0.05) is 10.2 Å². The molecule has 0 atom stereocenters. The van der Waals surface area contributed by atoms with Gasteiger partial charge < -0.3 is 4.98 Å². The van der Waals surface area contributed by atoms with Crippen LogP contribution in [0.4, 0.5) is 0 Å². The van der Waals surface area contributed by atoms with Crippen LogP contribution in [0.2, 0.25) is 5.02 Å². The predicted molar refractivity (Wildman–Crippen MR) is 85.9 cm³/mol. The second-order valence-corrected chi connectivity index (χ2v) is 5.86. The summed E-state index contributed by atoms with van der Waals surface area (Å²) in [6.45, 7) is 0. The van der Waals surface area contributed by atoms with Crippen LogP contribution in [0.3, 0.4) is 0 Å². The fraction of sp³-hybridized carbons (Fsp3) is 0. The van der Waals surface area contributed by atoms with Gasteiger partial charge >= 0.3 is 0 Å². The lowest BCUT2D eigenvalue weighted by molar-refractivity contribution is 1.06. The highest BCUT2D eigenvalue weighted by Crippen LogP contribution is 2.27. The molecule has 1 N–H and O–H groups in total. The lowest BCUT2D eigenvalue weighted by Gasteiger charge is -2.06. The molecule has 98 valence electrons. The van der Waals surface area contributed by atoms with E-state index >= 15 is 0 Å². The number of halogens is 2. The third-order valence-electron chi connectivity index (χ3n) is 2.97. The van der Waals surface area contributed by atoms with Crippen LogP contribution in [-0.2, 0) is 0 Å². The van der Waals surface area contributed by atoms with Crippen LogP contribution in [0.25, 0.3) is 16.7 Å². The Bertz CT molecular complexity index is 920. The largest absolute Gasteiger partial charge is 0.330 e. The van der Waals surface area contributed by atoms with Gasteiger partial charge in [0.25, 0.3) is 0 Å². The lowest BCUT2D eigenvalue weighted by atomic mass is 10.2. The van der Waals surface area contributed by atoms with E-state index in [2.05, 4.69) is 27.0 Å². The minimum Gasteiger partial charge on any atom is -0.330 e. The SMILES string of the molecule is N#Cc1ccc2[nH]c(=S)n(-c3ccc(Br)c(Cl)c3)c2c1. The van der Waals surface area contributed by atoms with E-state index in [1.54, 1.807) is 12.1 Å². The van der Waals surface area contributed by atoms with Crippen LogP contribution in [0.1, 0.15) is 5.56 Å². The second kappa shape index (κ2) is 5.06. The van der Waals surface area contributed by atoms with Crippen molar-refractivity contribution in [3.63, 3.8) is 0 Å². The van der Waals surface area contributed by atoms with Crippen molar-refractivity contribution in [2.45, 2.75) is 0 Å². The first-order valence-corrected chi connectivity index (χ1v) is 7.28. The number of hydrogen-bond donors (Lipinski definition) is 1. The highest BCUT2D eigenvalue weighted by molar-refractivity contribution is 9.10. The Balaban J connectivity index is 2.35. The Morgan fingerprint density at radius 1 is 1.25 bits per heavy atom. The minimum absolute atomic E-state index is 0.563. The smallest absolute Gasteiger partial charge is 0.182 e. The van der Waals surface area contributed by atoms with Gasteiger partial charge in [0.2, 0.25) is 0 Å². The Morgan fingerprint density at radius 3 is 2.75 bits per heavy atom. The Morgan fingerprint density at radius 2 is 2.05 bits per heavy atom. The minimum atomic E-state index is 0.563. The van der Waals surface area contributed by atoms with Gasteiger partial charge in [-0.25, -0.2) is 0 Å². The number of nitrogens with one attached hydrogen (secondary N) is 1. The number of rotatable bonds is 1. The van der Waals surface area contributed by atoms with E-state index in [9.17, 15) is 0 Å². The molecule has 3 rings (SSSR count). The van der Waals surface area contributed by atoms with E-state index in [0.717, 1.165) is 21.2 Å². The van der Waals surface area contributed by atoms with Crippen molar-refractivity contribution in [1.82, 2.24) is 9.55 Å². The van der Waals surface area contributed by atoms with Crippen LogP contribution >= 0.6 is 39.7 Å². The Labute approximate surface area is 133 Å². The van der Waals surface area contributed by atoms with Crippen molar-refractivity contribution < 1.29 is 0 Å². The molecule has 20 heavy (non-hydrogen) atoms. The van der Waals surface area contributed by atoms with Crippen molar-refractivity contribution in [2.24, 2.45) is 0 Å². The summed E-state index contributed by atoms with van der Waals surface area (Å²) in [6, 6.07) is 13.1. The summed E-state index contributed by atoms with van der Waals surface area (Å²) in [6.07, 6.45) is 0. The number of aromatic nitrogens is 2. The Kier molecular flexibility index (Phi) is 3.38. The molecule has 2 aromatic carbocycles. The summed E-state index contributed by atoms with van der Waals surface area (Å²) in [4.78, 5) is 3.12. The maximum atomic E-state index is 9.02. The van der Waals surface area contributed by atoms with Gasteiger partial charge in [-0.2, -0.15) is 5.26 Å². The number of fused-ring (bicyclic) bond motifs is 1. The maximum Gasteiger partial charge on any atom is 0.182 e. The molecule has 0 fully saturated rings. The quantitative estimate of drug-likeness (QED) is 0.619. The molecule has 0 radical (unpaired) electrons. The number of nitriles is 1. The molecule has 3 nitrogen and oxygen atoms in total. The topological polar surface area (TPSA) is 44.5 Å². The zero-order chi connectivity index (χ0) is 14.3. The van der Waals surface area contributed by atoms with E-state index in [1.807, 2.05) is 28.8 Å². The third-order valence-corrected chi connectivity index (χ3v) is 4.49. The van der Waals surface area contributed by atoms with Gasteiger partial charge in [-0.05, 0) is 64.5 Å². The number of hydrogen-bond acceptors (Lipinski definition) is 2. The van der Waals surface area contributed by atoms with E-state index in [0.29, 0.717) is 15.4 Å². The number of nitrogens with zero attached hydrogens (tertiary/aromatic N) is 2. The highest BCUT2D eigenvalue weighted by Gasteiger charge is 2.09. The number of aromatic amines is 1. The summed E-state index contributed by atoms with van der Waals surface area (Å²) >= 11 is 14.9. The number of benzene rings is 2. The maximum absolute atomic E-state index is 9.02. The fourth-order valence-electron chi connectivity index (χ4n) is 2.05. The summed E-state index contributed by atoms with van der Waals surface area (Å²) < 4.78 is 3.25. The normalized spacial score (nSPS) is 10.7. The molecule has 0 unspecified atom stereocenters. The molecule has 0 aliphatic rings. The first-order valence-electron chi connectivity index (χ1n) is 5.70. The standard InChI is InChI=1S/C14H7BrClN3S/c15-10-3-2-9(6-11(10)16)19-13-5-8(7-17)1-4-12(13)18-14(19)20/h1-6H,(H,18,20). The van der Waals surface area contributed by atoms with E-state index in [-0.39, 0.29) is 0 Å². The van der Waals surface area contributed by atoms with Gasteiger partial charge in [-0.15, -0.1) is 0 Å². The third kappa shape index (κ3) is 2.16. The van der Waals surface area contributed by atoms with E-state index < -0.39 is 0 Å². The average Bonchev–Trinajstić information content (AvgIpc) is 2.77. The molecule has 6 heteroatoms. The van der Waals surface area contributed by atoms with Crippen molar-refractivity contribution in [3.05, 3.63) is 56.2 Å². The molecule has 1 heterocycles. The highest BCUT2D eigenvalue weighted by atomic mass is 79.9. The van der Waals surface area contributed by atoms with Gasteiger partial charge in [-0.3, -0.25) is 4.57 Å². The van der Waals surface area contributed by atoms with Gasteiger partial charge in [0.15, 0.2) is 4.77 Å².